The van der Waals surface area contributed by atoms with Crippen LogP contribution in [0.2, 0.25) is 0 Å². The molecule has 1 aromatic rings. The summed E-state index contributed by atoms with van der Waals surface area (Å²) in [5, 5.41) is 0. The normalized spacial score (nSPS) is 10.7. The molecule has 0 nitrogen and oxygen atoms in total. The van der Waals surface area contributed by atoms with Crippen molar-refractivity contribution in [2.75, 3.05) is 0 Å². The quantitative estimate of drug-likeness (QED) is 0.207. The molecule has 1 rings (SSSR count). The molecule has 0 aliphatic rings. The molecule has 0 aliphatic heterocycles. The molecule has 0 aromatic heterocycles. The standard InChI is InChI=1S/C23H41.Na/c1-2-3-4-5-6-7-8-9-10-11-12-13-14-15-16-17-20-23-21-18-19-22-23;/h18-19,21-22H,2-17,20H2,1H3;/q-1;+1. The van der Waals surface area contributed by atoms with Crippen molar-refractivity contribution in [3.8, 4) is 0 Å². The summed E-state index contributed by atoms with van der Waals surface area (Å²) in [4.78, 5) is 0. The van der Waals surface area contributed by atoms with Crippen LogP contribution in [0.1, 0.15) is 115 Å². The maximum absolute atomic E-state index is 2.30. The van der Waals surface area contributed by atoms with Crippen molar-refractivity contribution >= 4 is 0 Å². The topological polar surface area (TPSA) is 0 Å². The second-order valence-corrected chi connectivity index (χ2v) is 7.35. The van der Waals surface area contributed by atoms with Crippen molar-refractivity contribution in [3.63, 3.8) is 0 Å². The molecule has 0 spiro atoms. The molecule has 0 aliphatic carbocycles. The van der Waals surface area contributed by atoms with Crippen molar-refractivity contribution in [2.45, 2.75) is 116 Å². The molecule has 0 radical (unpaired) electrons. The molecule has 0 heterocycles. The Balaban J connectivity index is 0.00000529. The first kappa shape index (κ1) is 24.4. The van der Waals surface area contributed by atoms with E-state index in [1.807, 2.05) is 0 Å². The molecule has 134 valence electrons. The van der Waals surface area contributed by atoms with E-state index in [9.17, 15) is 0 Å². The van der Waals surface area contributed by atoms with Crippen LogP contribution in [0.4, 0.5) is 0 Å². The van der Waals surface area contributed by atoms with Gasteiger partial charge in [-0.1, -0.05) is 116 Å². The molecule has 1 heteroatoms. The van der Waals surface area contributed by atoms with Crippen molar-refractivity contribution in [1.82, 2.24) is 0 Å². The third-order valence-corrected chi connectivity index (χ3v) is 5.05. The average molecular weight is 341 g/mol. The molecule has 0 amide bonds. The molecule has 0 bridgehead atoms. The maximum atomic E-state index is 2.30. The maximum Gasteiger partial charge on any atom is 1.00 e. The summed E-state index contributed by atoms with van der Waals surface area (Å²) in [7, 11) is 0. The molecule has 1 aromatic carbocycles. The van der Waals surface area contributed by atoms with Gasteiger partial charge in [-0.3, -0.25) is 0 Å². The zero-order valence-electron chi connectivity index (χ0n) is 16.8. The van der Waals surface area contributed by atoms with Crippen LogP contribution < -0.4 is 29.6 Å². The van der Waals surface area contributed by atoms with Gasteiger partial charge in [0.25, 0.3) is 0 Å². The first-order valence-electron chi connectivity index (χ1n) is 10.6. The number of rotatable bonds is 17. The Morgan fingerprint density at radius 2 is 0.833 bits per heavy atom. The van der Waals surface area contributed by atoms with Gasteiger partial charge in [0.15, 0.2) is 0 Å². The van der Waals surface area contributed by atoms with Gasteiger partial charge in [-0.25, -0.2) is 12.1 Å². The molecule has 0 atom stereocenters. The smallest absolute Gasteiger partial charge is 0.213 e. The van der Waals surface area contributed by atoms with E-state index in [2.05, 4.69) is 31.2 Å². The fraction of sp³-hybridized carbons (Fsp3) is 0.783. The number of hydrogen-bond acceptors (Lipinski definition) is 0. The minimum absolute atomic E-state index is 0. The van der Waals surface area contributed by atoms with E-state index in [1.54, 1.807) is 0 Å². The first-order valence-corrected chi connectivity index (χ1v) is 10.6. The van der Waals surface area contributed by atoms with Crippen LogP contribution in [-0.4, -0.2) is 0 Å². The summed E-state index contributed by atoms with van der Waals surface area (Å²) in [6, 6.07) is 8.82. The van der Waals surface area contributed by atoms with Gasteiger partial charge < -0.3 is 0 Å². The van der Waals surface area contributed by atoms with E-state index in [-0.39, 0.29) is 29.6 Å². The Labute approximate surface area is 174 Å². The van der Waals surface area contributed by atoms with Gasteiger partial charge in [0.1, 0.15) is 0 Å². The van der Waals surface area contributed by atoms with E-state index in [1.165, 1.54) is 115 Å². The van der Waals surface area contributed by atoms with Crippen LogP contribution in [-0.2, 0) is 6.42 Å². The SMILES string of the molecule is CCCCCCCCCCCCCCCCCC[c-]1cccc1.[Na+]. The van der Waals surface area contributed by atoms with Gasteiger partial charge >= 0.3 is 29.6 Å². The molecular weight excluding hydrogens is 299 g/mol. The van der Waals surface area contributed by atoms with E-state index < -0.39 is 0 Å². The average Bonchev–Trinajstić information content (AvgIpc) is 3.08. The Kier molecular flexibility index (Phi) is 20.0. The fourth-order valence-corrected chi connectivity index (χ4v) is 3.46. The second kappa shape index (κ2) is 19.7. The first-order chi connectivity index (χ1) is 11.4. The van der Waals surface area contributed by atoms with E-state index >= 15 is 0 Å². The van der Waals surface area contributed by atoms with Crippen LogP contribution in [0.15, 0.2) is 24.3 Å². The van der Waals surface area contributed by atoms with Crippen LogP contribution in [0, 0.1) is 0 Å². The summed E-state index contributed by atoms with van der Waals surface area (Å²) in [6.45, 7) is 2.30. The van der Waals surface area contributed by atoms with Crippen molar-refractivity contribution in [3.05, 3.63) is 29.8 Å². The molecule has 0 unspecified atom stereocenters. The predicted molar refractivity (Wildman–Crippen MR) is 105 cm³/mol. The third-order valence-electron chi connectivity index (χ3n) is 5.05. The zero-order chi connectivity index (χ0) is 16.4. The Morgan fingerprint density at radius 1 is 0.500 bits per heavy atom. The van der Waals surface area contributed by atoms with E-state index in [4.69, 9.17) is 0 Å². The van der Waals surface area contributed by atoms with Gasteiger partial charge in [0, 0.05) is 0 Å². The Morgan fingerprint density at radius 3 is 1.21 bits per heavy atom. The predicted octanol–water partition coefficient (Wildman–Crippen LogP) is 5.21. The number of hydrogen-bond donors (Lipinski definition) is 0. The van der Waals surface area contributed by atoms with Crippen LogP contribution >= 0.6 is 0 Å². The number of aryl methyl sites for hydroxylation is 1. The van der Waals surface area contributed by atoms with Gasteiger partial charge in [-0.2, -0.15) is 17.7 Å². The summed E-state index contributed by atoms with van der Waals surface area (Å²) >= 11 is 0. The molecule has 0 saturated carbocycles. The Hall–Kier alpha value is 0.350. The minimum atomic E-state index is 0. The second-order valence-electron chi connectivity index (χ2n) is 7.35. The minimum Gasteiger partial charge on any atom is -0.213 e. The van der Waals surface area contributed by atoms with Gasteiger partial charge in [0.2, 0.25) is 0 Å². The summed E-state index contributed by atoms with van der Waals surface area (Å²) in [5.74, 6) is 0. The summed E-state index contributed by atoms with van der Waals surface area (Å²) in [6.07, 6.45) is 24.5. The number of unbranched alkanes of at least 4 members (excludes halogenated alkanes) is 15. The van der Waals surface area contributed by atoms with Crippen molar-refractivity contribution in [1.29, 1.82) is 0 Å². The largest absolute Gasteiger partial charge is 1.00 e. The van der Waals surface area contributed by atoms with Crippen molar-refractivity contribution in [2.24, 2.45) is 0 Å². The van der Waals surface area contributed by atoms with Gasteiger partial charge in [-0.05, 0) is 0 Å². The molecular formula is C23H41Na. The zero-order valence-corrected chi connectivity index (χ0v) is 18.8. The molecule has 0 fully saturated rings. The summed E-state index contributed by atoms with van der Waals surface area (Å²) < 4.78 is 0. The fourth-order valence-electron chi connectivity index (χ4n) is 3.46. The van der Waals surface area contributed by atoms with Crippen LogP contribution in [0.3, 0.4) is 0 Å². The van der Waals surface area contributed by atoms with E-state index in [0.29, 0.717) is 0 Å². The molecule has 0 N–H and O–H groups in total. The van der Waals surface area contributed by atoms with Crippen LogP contribution in [0.5, 0.6) is 0 Å². The van der Waals surface area contributed by atoms with E-state index in [0.717, 1.165) is 0 Å². The molecule has 24 heavy (non-hydrogen) atoms. The van der Waals surface area contributed by atoms with Gasteiger partial charge in [0.05, 0.1) is 0 Å². The van der Waals surface area contributed by atoms with Gasteiger partial charge in [-0.15, -0.1) is 0 Å². The third kappa shape index (κ3) is 15.9. The Bertz CT molecular complexity index is 315. The van der Waals surface area contributed by atoms with Crippen LogP contribution in [0.25, 0.3) is 0 Å². The summed E-state index contributed by atoms with van der Waals surface area (Å²) in [5.41, 5.74) is 1.52. The monoisotopic (exact) mass is 340 g/mol. The van der Waals surface area contributed by atoms with Crippen molar-refractivity contribution < 1.29 is 29.6 Å². The molecule has 0 saturated heterocycles.